The van der Waals surface area contributed by atoms with E-state index in [1.807, 2.05) is 25.1 Å². The van der Waals surface area contributed by atoms with Crippen LogP contribution >= 0.6 is 0 Å². The summed E-state index contributed by atoms with van der Waals surface area (Å²) in [6, 6.07) is 13.5. The number of carbonyl (C=O) groups is 2. The summed E-state index contributed by atoms with van der Waals surface area (Å²) in [5.74, 6) is -0.299. The van der Waals surface area contributed by atoms with Crippen molar-refractivity contribution >= 4 is 34.8 Å². The van der Waals surface area contributed by atoms with Crippen LogP contribution < -0.4 is 26.2 Å². The maximum atomic E-state index is 14.9. The highest BCUT2D eigenvalue weighted by atomic mass is 19.1. The number of primary amides is 1. The topological polar surface area (TPSA) is 120 Å². The lowest BCUT2D eigenvalue weighted by atomic mass is 9.96. The summed E-state index contributed by atoms with van der Waals surface area (Å²) in [6.07, 6.45) is 10.6. The van der Waals surface area contributed by atoms with E-state index in [9.17, 15) is 14.0 Å². The average Bonchev–Trinajstić information content (AvgIpc) is 3.79. The van der Waals surface area contributed by atoms with Gasteiger partial charge in [0.25, 0.3) is 11.8 Å². The van der Waals surface area contributed by atoms with E-state index in [2.05, 4.69) is 42.5 Å². The van der Waals surface area contributed by atoms with Gasteiger partial charge < -0.3 is 26.2 Å². The van der Waals surface area contributed by atoms with E-state index in [4.69, 9.17) is 10.7 Å². The molecule has 248 valence electrons. The molecule has 0 spiro atoms. The van der Waals surface area contributed by atoms with Crippen LogP contribution in [0, 0.1) is 5.82 Å². The molecule has 3 aromatic rings. The molecule has 2 saturated carbocycles. The summed E-state index contributed by atoms with van der Waals surface area (Å²) in [4.78, 5) is 41.8. The Kier molecular flexibility index (Phi) is 8.98. The number of halogens is 1. The van der Waals surface area contributed by atoms with Gasteiger partial charge in [-0.15, -0.1) is 0 Å². The summed E-state index contributed by atoms with van der Waals surface area (Å²) < 4.78 is 14.9. The van der Waals surface area contributed by atoms with E-state index in [1.54, 1.807) is 12.3 Å². The number of nitrogens with one attached hydrogen (secondary N) is 2. The highest BCUT2D eigenvalue weighted by Gasteiger charge is 2.32. The zero-order valence-corrected chi connectivity index (χ0v) is 27.1. The van der Waals surface area contributed by atoms with E-state index in [0.717, 1.165) is 69.2 Å². The second-order valence-electron chi connectivity index (χ2n) is 13.6. The highest BCUT2D eigenvalue weighted by molar-refractivity contribution is 5.96. The fourth-order valence-corrected chi connectivity index (χ4v) is 7.58. The summed E-state index contributed by atoms with van der Waals surface area (Å²) >= 11 is 0. The van der Waals surface area contributed by atoms with Gasteiger partial charge in [-0.25, -0.2) is 14.4 Å². The van der Waals surface area contributed by atoms with E-state index < -0.39 is 17.6 Å². The van der Waals surface area contributed by atoms with Crippen LogP contribution in [0.2, 0.25) is 0 Å². The number of anilines is 4. The van der Waals surface area contributed by atoms with Crippen molar-refractivity contribution in [3.05, 3.63) is 71.3 Å². The van der Waals surface area contributed by atoms with Crippen molar-refractivity contribution in [1.29, 1.82) is 0 Å². The number of hydrogen-bond donors (Lipinski definition) is 3. The minimum Gasteiger partial charge on any atom is -0.369 e. The molecule has 2 aliphatic heterocycles. The molecule has 11 heteroatoms. The molecule has 2 amide bonds. The van der Waals surface area contributed by atoms with Crippen LogP contribution in [0.25, 0.3) is 0 Å². The number of nitrogens with two attached hydrogens (primary N) is 1. The number of hydrogen-bond acceptors (Lipinski definition) is 8. The molecule has 2 aliphatic carbocycles. The van der Waals surface area contributed by atoms with Gasteiger partial charge in [0.1, 0.15) is 11.6 Å². The molecule has 47 heavy (non-hydrogen) atoms. The molecule has 4 aliphatic rings. The number of amides is 2. The van der Waals surface area contributed by atoms with Gasteiger partial charge in [-0.3, -0.25) is 14.5 Å². The minimum atomic E-state index is -0.671. The zero-order valence-electron chi connectivity index (χ0n) is 27.1. The summed E-state index contributed by atoms with van der Waals surface area (Å²) in [7, 11) is 0. The van der Waals surface area contributed by atoms with Gasteiger partial charge in [0.2, 0.25) is 0 Å². The molecule has 7 rings (SSSR count). The Morgan fingerprint density at radius 1 is 0.915 bits per heavy atom. The summed E-state index contributed by atoms with van der Waals surface area (Å²) in [5.41, 5.74) is 8.72. The van der Waals surface area contributed by atoms with Crippen molar-refractivity contribution in [2.24, 2.45) is 5.73 Å². The molecule has 2 atom stereocenters. The smallest absolute Gasteiger partial charge is 0.271 e. The molecule has 3 heterocycles. The van der Waals surface area contributed by atoms with Crippen molar-refractivity contribution in [1.82, 2.24) is 20.2 Å². The SMILES string of the molecule is C[C@@H]1[C@H](NC(=O)c2ccc(C3CC3)cc2F)CCCN1c1cnc(C(N)=O)c(Nc2ccc(N3CCN(C4CCCC4)CC3)cc2)n1. The van der Waals surface area contributed by atoms with E-state index in [0.29, 0.717) is 18.3 Å². The van der Waals surface area contributed by atoms with Crippen LogP contribution in [0.15, 0.2) is 48.7 Å². The number of rotatable bonds is 9. The molecule has 0 radical (unpaired) electrons. The Balaban J connectivity index is 1.02. The molecule has 4 fully saturated rings. The van der Waals surface area contributed by atoms with Gasteiger partial charge in [-0.1, -0.05) is 18.9 Å². The standard InChI is InChI=1S/C36H45FN8O2/c1-23-31(41-36(47)29-15-10-25(21-30(29)37)24-8-9-24)7-4-16-45(23)32-22-39-33(34(38)46)35(42-32)40-26-11-13-28(14-12-26)44-19-17-43(18-20-44)27-5-2-3-6-27/h10-15,21-24,27,31H,2-9,16-20H2,1H3,(H2,38,46)(H,40,42)(H,41,47)/t23-,31-/m1/s1. The lowest BCUT2D eigenvalue weighted by Gasteiger charge is -2.40. The fraction of sp³-hybridized carbons (Fsp3) is 0.500. The number of piperidine rings is 1. The number of aromatic nitrogens is 2. The third-order valence-electron chi connectivity index (χ3n) is 10.5. The maximum Gasteiger partial charge on any atom is 0.271 e. The Morgan fingerprint density at radius 3 is 2.34 bits per heavy atom. The molecule has 2 saturated heterocycles. The van der Waals surface area contributed by atoms with Gasteiger partial charge in [0, 0.05) is 62.2 Å². The van der Waals surface area contributed by atoms with Crippen LogP contribution in [0.1, 0.15) is 90.6 Å². The Bertz CT molecular complexity index is 1600. The molecule has 0 unspecified atom stereocenters. The van der Waals surface area contributed by atoms with Crippen LogP contribution in [-0.4, -0.2) is 77.5 Å². The van der Waals surface area contributed by atoms with E-state index in [-0.39, 0.29) is 29.2 Å². The minimum absolute atomic E-state index is 0.0560. The predicted molar refractivity (Wildman–Crippen MR) is 182 cm³/mol. The molecular weight excluding hydrogens is 595 g/mol. The van der Waals surface area contributed by atoms with E-state index >= 15 is 0 Å². The van der Waals surface area contributed by atoms with Crippen LogP contribution in [-0.2, 0) is 0 Å². The fourth-order valence-electron chi connectivity index (χ4n) is 7.58. The number of nitrogens with zero attached hydrogens (tertiary/aromatic N) is 5. The Morgan fingerprint density at radius 2 is 1.66 bits per heavy atom. The summed E-state index contributed by atoms with van der Waals surface area (Å²) in [6.45, 7) is 6.93. The molecule has 2 aromatic carbocycles. The monoisotopic (exact) mass is 640 g/mol. The average molecular weight is 641 g/mol. The van der Waals surface area contributed by atoms with Crippen LogP contribution in [0.4, 0.5) is 27.4 Å². The van der Waals surface area contributed by atoms with Crippen molar-refractivity contribution in [2.75, 3.05) is 47.8 Å². The maximum absolute atomic E-state index is 14.9. The zero-order chi connectivity index (χ0) is 32.5. The first-order chi connectivity index (χ1) is 22.8. The number of piperazine rings is 1. The van der Waals surface area contributed by atoms with E-state index in [1.165, 1.54) is 37.4 Å². The lowest BCUT2D eigenvalue weighted by molar-refractivity contribution is 0.0919. The predicted octanol–water partition coefficient (Wildman–Crippen LogP) is 5.19. The quantitative estimate of drug-likeness (QED) is 0.293. The van der Waals surface area contributed by atoms with Gasteiger partial charge in [0.05, 0.1) is 11.8 Å². The van der Waals surface area contributed by atoms with Crippen molar-refractivity contribution in [3.63, 3.8) is 0 Å². The molecular formula is C36H45FN8O2. The molecule has 4 N–H and O–H groups in total. The van der Waals surface area contributed by atoms with Gasteiger partial charge >= 0.3 is 0 Å². The first-order valence-corrected chi connectivity index (χ1v) is 17.2. The van der Waals surface area contributed by atoms with Crippen LogP contribution in [0.3, 0.4) is 0 Å². The van der Waals surface area contributed by atoms with Crippen LogP contribution in [0.5, 0.6) is 0 Å². The largest absolute Gasteiger partial charge is 0.369 e. The first kappa shape index (κ1) is 31.4. The Labute approximate surface area is 275 Å². The van der Waals surface area contributed by atoms with Gasteiger partial charge in [-0.05, 0) is 93.3 Å². The second-order valence-corrected chi connectivity index (χ2v) is 13.6. The number of benzene rings is 2. The van der Waals surface area contributed by atoms with Crippen molar-refractivity contribution in [3.8, 4) is 0 Å². The molecule has 10 nitrogen and oxygen atoms in total. The molecule has 1 aromatic heterocycles. The molecule has 0 bridgehead atoms. The number of carbonyl (C=O) groups excluding carboxylic acids is 2. The Hall–Kier alpha value is -4.25. The lowest BCUT2D eigenvalue weighted by Crippen LogP contribution is -2.54. The second kappa shape index (κ2) is 13.5. The third-order valence-corrected chi connectivity index (χ3v) is 10.5. The normalized spacial score (nSPS) is 22.3. The van der Waals surface area contributed by atoms with Crippen molar-refractivity contribution in [2.45, 2.75) is 82.3 Å². The summed E-state index contributed by atoms with van der Waals surface area (Å²) in [5, 5.41) is 6.33. The first-order valence-electron chi connectivity index (χ1n) is 17.2. The van der Waals surface area contributed by atoms with Crippen molar-refractivity contribution < 1.29 is 14.0 Å². The highest BCUT2D eigenvalue weighted by Crippen LogP contribution is 2.40. The van der Waals surface area contributed by atoms with Gasteiger partial charge in [-0.2, -0.15) is 0 Å². The van der Waals surface area contributed by atoms with Gasteiger partial charge in [0.15, 0.2) is 11.5 Å². The third kappa shape index (κ3) is 6.90.